The van der Waals surface area contributed by atoms with E-state index in [-0.39, 0.29) is 18.6 Å². The number of fused-ring (bicyclic) bond motifs is 1. The van der Waals surface area contributed by atoms with Crippen LogP contribution >= 0.6 is 0 Å². The van der Waals surface area contributed by atoms with Gasteiger partial charge in [0.25, 0.3) is 0 Å². The lowest BCUT2D eigenvalue weighted by molar-refractivity contribution is -0.127. The third-order valence-corrected chi connectivity index (χ3v) is 6.25. The number of ether oxygens (including phenoxy) is 4. The fraction of sp³-hybridized carbons (Fsp3) is 0.400. The first-order chi connectivity index (χ1) is 17.1. The van der Waals surface area contributed by atoms with E-state index < -0.39 is 0 Å². The molecule has 10 heteroatoms. The second-order valence-electron chi connectivity index (χ2n) is 8.56. The Bertz CT molecular complexity index is 1200. The Balaban J connectivity index is 1.16. The molecule has 3 heterocycles. The van der Waals surface area contributed by atoms with Gasteiger partial charge in [-0.1, -0.05) is 11.2 Å². The number of nitrogens with zero attached hydrogens (tertiary/aromatic N) is 3. The van der Waals surface area contributed by atoms with Gasteiger partial charge < -0.3 is 28.8 Å². The summed E-state index contributed by atoms with van der Waals surface area (Å²) in [6, 6.07) is 11.2. The molecule has 35 heavy (non-hydrogen) atoms. The number of nitrogens with one attached hydrogen (secondary N) is 1. The lowest BCUT2D eigenvalue weighted by atomic mass is 9.97. The van der Waals surface area contributed by atoms with Gasteiger partial charge in [0.1, 0.15) is 0 Å². The number of carbonyl (C=O) groups is 1. The fourth-order valence-corrected chi connectivity index (χ4v) is 4.40. The van der Waals surface area contributed by atoms with Crippen molar-refractivity contribution >= 4 is 5.91 Å². The highest BCUT2D eigenvalue weighted by molar-refractivity contribution is 5.79. The van der Waals surface area contributed by atoms with Gasteiger partial charge in [-0.05, 0) is 55.3 Å². The molecule has 184 valence electrons. The van der Waals surface area contributed by atoms with Crippen molar-refractivity contribution in [1.82, 2.24) is 20.4 Å². The number of aromatic nitrogens is 2. The first-order valence-electron chi connectivity index (χ1n) is 11.6. The molecule has 1 amide bonds. The highest BCUT2D eigenvalue weighted by atomic mass is 16.7. The van der Waals surface area contributed by atoms with E-state index in [4.69, 9.17) is 23.5 Å². The normalized spacial score (nSPS) is 17.3. The van der Waals surface area contributed by atoms with Crippen molar-refractivity contribution in [2.75, 3.05) is 34.1 Å². The van der Waals surface area contributed by atoms with Gasteiger partial charge in [-0.3, -0.25) is 9.69 Å². The molecule has 0 radical (unpaired) electrons. The van der Waals surface area contributed by atoms with E-state index >= 15 is 0 Å². The molecule has 0 saturated carbocycles. The van der Waals surface area contributed by atoms with Crippen molar-refractivity contribution < 1.29 is 28.3 Å². The number of likely N-dealkylation sites (tertiary alicyclic amines) is 1. The number of hydrogen-bond donors (Lipinski definition) is 1. The Labute approximate surface area is 203 Å². The molecular formula is C25H28N4O6. The van der Waals surface area contributed by atoms with Crippen LogP contribution in [0.2, 0.25) is 0 Å². The predicted molar refractivity (Wildman–Crippen MR) is 125 cm³/mol. The molecule has 0 spiro atoms. The quantitative estimate of drug-likeness (QED) is 0.520. The molecule has 1 aromatic heterocycles. The molecule has 0 bridgehead atoms. The summed E-state index contributed by atoms with van der Waals surface area (Å²) >= 11 is 0. The fourth-order valence-electron chi connectivity index (χ4n) is 4.40. The second kappa shape index (κ2) is 10.2. The summed E-state index contributed by atoms with van der Waals surface area (Å²) in [5.74, 6) is 3.63. The summed E-state index contributed by atoms with van der Waals surface area (Å²) in [5.41, 5.74) is 1.75. The Morgan fingerprint density at radius 3 is 2.83 bits per heavy atom. The van der Waals surface area contributed by atoms with E-state index in [1.807, 2.05) is 36.4 Å². The summed E-state index contributed by atoms with van der Waals surface area (Å²) in [4.78, 5) is 19.6. The molecule has 3 aromatic rings. The first-order valence-corrected chi connectivity index (χ1v) is 11.6. The number of methoxy groups -OCH3 is 2. The van der Waals surface area contributed by atoms with Gasteiger partial charge in [0.05, 0.1) is 26.7 Å². The maximum atomic E-state index is 12.8. The zero-order valence-corrected chi connectivity index (χ0v) is 19.8. The molecule has 10 nitrogen and oxygen atoms in total. The molecule has 0 unspecified atom stereocenters. The molecular weight excluding hydrogens is 452 g/mol. The Morgan fingerprint density at radius 1 is 1.11 bits per heavy atom. The van der Waals surface area contributed by atoms with Gasteiger partial charge in [0, 0.05) is 18.7 Å². The summed E-state index contributed by atoms with van der Waals surface area (Å²) in [7, 11) is 3.18. The van der Waals surface area contributed by atoms with Crippen molar-refractivity contribution in [3.8, 4) is 34.4 Å². The van der Waals surface area contributed by atoms with Gasteiger partial charge in [-0.2, -0.15) is 4.98 Å². The Morgan fingerprint density at radius 2 is 1.97 bits per heavy atom. The molecule has 0 aliphatic carbocycles. The van der Waals surface area contributed by atoms with Crippen LogP contribution in [0.4, 0.5) is 0 Å². The van der Waals surface area contributed by atoms with Crippen LogP contribution in [-0.2, 0) is 17.9 Å². The zero-order chi connectivity index (χ0) is 24.2. The lowest BCUT2D eigenvalue weighted by Gasteiger charge is -2.30. The number of rotatable bonds is 8. The van der Waals surface area contributed by atoms with Crippen LogP contribution in [0.5, 0.6) is 23.0 Å². The van der Waals surface area contributed by atoms with Gasteiger partial charge in [-0.25, -0.2) is 0 Å². The maximum Gasteiger partial charge on any atom is 0.241 e. The summed E-state index contributed by atoms with van der Waals surface area (Å²) < 4.78 is 26.9. The summed E-state index contributed by atoms with van der Waals surface area (Å²) in [6.45, 7) is 2.69. The van der Waals surface area contributed by atoms with Crippen LogP contribution in [0.15, 0.2) is 40.9 Å². The standard InChI is InChI=1S/C25H28N4O6/c1-31-19-8-6-17(11-21(19)32-2)24-27-23(35-28-24)14-29-9-3-4-18(13-29)25(30)26-12-16-5-7-20-22(10-16)34-15-33-20/h5-8,10-11,18H,3-4,9,12-15H2,1-2H3,(H,26,30)/t18-/m1/s1. The van der Waals surface area contributed by atoms with Crippen LogP contribution in [0.25, 0.3) is 11.4 Å². The number of hydrogen-bond acceptors (Lipinski definition) is 9. The van der Waals surface area contributed by atoms with Crippen LogP contribution in [-0.4, -0.2) is 55.0 Å². The van der Waals surface area contributed by atoms with E-state index in [9.17, 15) is 4.79 Å². The largest absolute Gasteiger partial charge is 0.493 e. The van der Waals surface area contributed by atoms with Crippen LogP contribution < -0.4 is 24.3 Å². The molecule has 1 fully saturated rings. The van der Waals surface area contributed by atoms with Crippen molar-refractivity contribution in [2.24, 2.45) is 5.92 Å². The molecule has 2 aromatic carbocycles. The van der Waals surface area contributed by atoms with E-state index in [0.29, 0.717) is 48.6 Å². The summed E-state index contributed by atoms with van der Waals surface area (Å²) in [6.07, 6.45) is 1.78. The lowest BCUT2D eigenvalue weighted by Crippen LogP contribution is -2.42. The minimum Gasteiger partial charge on any atom is -0.493 e. The number of amides is 1. The minimum atomic E-state index is -0.0917. The van der Waals surface area contributed by atoms with E-state index in [1.165, 1.54) is 0 Å². The van der Waals surface area contributed by atoms with Gasteiger partial charge in [0.15, 0.2) is 23.0 Å². The number of benzene rings is 2. The maximum absolute atomic E-state index is 12.8. The van der Waals surface area contributed by atoms with E-state index in [0.717, 1.165) is 36.3 Å². The molecule has 2 aliphatic rings. The summed E-state index contributed by atoms with van der Waals surface area (Å²) in [5, 5.41) is 7.17. The zero-order valence-electron chi connectivity index (χ0n) is 19.8. The van der Waals surface area contributed by atoms with E-state index in [1.54, 1.807) is 14.2 Å². The predicted octanol–water partition coefficient (Wildman–Crippen LogP) is 3.01. The highest BCUT2D eigenvalue weighted by Gasteiger charge is 2.27. The molecule has 1 atom stereocenters. The monoisotopic (exact) mass is 480 g/mol. The SMILES string of the molecule is COc1ccc(-c2noc(CN3CCC[C@@H](C(=O)NCc4ccc5c(c4)OCO5)C3)n2)cc1OC. The molecule has 5 rings (SSSR count). The molecule has 2 aliphatic heterocycles. The van der Waals surface area contributed by atoms with Crippen molar-refractivity contribution in [2.45, 2.75) is 25.9 Å². The first kappa shape index (κ1) is 23.0. The third kappa shape index (κ3) is 5.17. The minimum absolute atomic E-state index is 0.0453. The van der Waals surface area contributed by atoms with Crippen molar-refractivity contribution in [3.63, 3.8) is 0 Å². The number of piperidine rings is 1. The van der Waals surface area contributed by atoms with Crippen LogP contribution in [0.1, 0.15) is 24.3 Å². The topological polar surface area (TPSA) is 108 Å². The van der Waals surface area contributed by atoms with Crippen LogP contribution in [0.3, 0.4) is 0 Å². The average molecular weight is 481 g/mol. The van der Waals surface area contributed by atoms with Crippen molar-refractivity contribution in [1.29, 1.82) is 0 Å². The highest BCUT2D eigenvalue weighted by Crippen LogP contribution is 2.33. The average Bonchev–Trinajstić information content (AvgIpc) is 3.56. The Kier molecular flexibility index (Phi) is 6.71. The third-order valence-electron chi connectivity index (χ3n) is 6.25. The van der Waals surface area contributed by atoms with Crippen molar-refractivity contribution in [3.05, 3.63) is 47.9 Å². The van der Waals surface area contributed by atoms with E-state index in [2.05, 4.69) is 20.4 Å². The van der Waals surface area contributed by atoms with Gasteiger partial charge >= 0.3 is 0 Å². The number of carbonyl (C=O) groups excluding carboxylic acids is 1. The van der Waals surface area contributed by atoms with Gasteiger partial charge in [-0.15, -0.1) is 0 Å². The second-order valence-corrected chi connectivity index (χ2v) is 8.56. The smallest absolute Gasteiger partial charge is 0.241 e. The molecule has 1 saturated heterocycles. The Hall–Kier alpha value is -3.79. The van der Waals surface area contributed by atoms with Crippen LogP contribution in [0, 0.1) is 5.92 Å². The van der Waals surface area contributed by atoms with Gasteiger partial charge in [0.2, 0.25) is 24.4 Å². The molecule has 1 N–H and O–H groups in total.